The quantitative estimate of drug-likeness (QED) is 0.539. The monoisotopic (exact) mass is 382 g/mol. The maximum absolute atomic E-state index is 11.5. The van der Waals surface area contributed by atoms with Crippen LogP contribution in [0.4, 0.5) is 0 Å². The summed E-state index contributed by atoms with van der Waals surface area (Å²) in [7, 11) is 0. The van der Waals surface area contributed by atoms with Crippen LogP contribution >= 0.6 is 46.4 Å². The van der Waals surface area contributed by atoms with Crippen molar-refractivity contribution in [2.24, 2.45) is 0 Å². The molecule has 0 aliphatic heterocycles. The highest BCUT2D eigenvalue weighted by Crippen LogP contribution is 2.46. The highest BCUT2D eigenvalue weighted by molar-refractivity contribution is 6.51. The van der Waals surface area contributed by atoms with Crippen LogP contribution in [0.3, 0.4) is 0 Å². The molecule has 0 fully saturated rings. The summed E-state index contributed by atoms with van der Waals surface area (Å²) in [6.45, 7) is 6.93. The number of hydrogen-bond donors (Lipinski definition) is 2. The number of benzene rings is 1. The van der Waals surface area contributed by atoms with Gasteiger partial charge < -0.3 is 10.2 Å². The van der Waals surface area contributed by atoms with Crippen molar-refractivity contribution < 1.29 is 19.8 Å². The summed E-state index contributed by atoms with van der Waals surface area (Å²) in [5, 5.41) is 17.9. The second kappa shape index (κ2) is 6.92. The van der Waals surface area contributed by atoms with Gasteiger partial charge in [0.15, 0.2) is 4.33 Å². The number of carboxylic acids is 2. The molecule has 0 atom stereocenters. The van der Waals surface area contributed by atoms with Crippen LogP contribution in [0.2, 0.25) is 10.0 Å². The first-order valence-electron chi connectivity index (χ1n) is 5.73. The Morgan fingerprint density at radius 3 is 1.86 bits per heavy atom. The Hall–Kier alpha value is -1.20. The average Bonchev–Trinajstić information content (AvgIpc) is 2.41. The summed E-state index contributed by atoms with van der Waals surface area (Å²) in [4.78, 5) is 23.0. The summed E-state index contributed by atoms with van der Waals surface area (Å²) < 4.78 is -1.87. The molecule has 0 aliphatic rings. The third-order valence-corrected chi connectivity index (χ3v) is 4.39. The SMILES string of the molecule is C=CCc1c(C(=O)O)c(Cl)c(Cl)c(C(=O)O)c1C(Cl)(Cl)C=C. The van der Waals surface area contributed by atoms with Gasteiger partial charge >= 0.3 is 11.9 Å². The molecular weight excluding hydrogens is 374 g/mol. The number of allylic oxidation sites excluding steroid dienone is 2. The second-order valence-corrected chi connectivity index (χ2v) is 6.30. The lowest BCUT2D eigenvalue weighted by Gasteiger charge is -2.24. The Balaban J connectivity index is 4.14. The maximum Gasteiger partial charge on any atom is 0.337 e. The molecule has 0 spiro atoms. The van der Waals surface area contributed by atoms with E-state index in [1.165, 1.54) is 6.08 Å². The van der Waals surface area contributed by atoms with E-state index in [0.717, 1.165) is 6.08 Å². The first-order valence-corrected chi connectivity index (χ1v) is 7.24. The molecule has 22 heavy (non-hydrogen) atoms. The minimum Gasteiger partial charge on any atom is -0.478 e. The molecule has 4 nitrogen and oxygen atoms in total. The zero-order valence-corrected chi connectivity index (χ0v) is 14.0. The summed E-state index contributed by atoms with van der Waals surface area (Å²) in [6.07, 6.45) is 2.41. The highest BCUT2D eigenvalue weighted by atomic mass is 35.5. The van der Waals surface area contributed by atoms with Gasteiger partial charge in [-0.1, -0.05) is 65.1 Å². The van der Waals surface area contributed by atoms with Crippen LogP contribution in [0.25, 0.3) is 0 Å². The van der Waals surface area contributed by atoms with Crippen molar-refractivity contribution in [3.63, 3.8) is 0 Å². The van der Waals surface area contributed by atoms with Crippen LogP contribution in [-0.4, -0.2) is 22.2 Å². The molecule has 0 saturated heterocycles. The molecule has 0 bridgehead atoms. The fraction of sp³-hybridized carbons (Fsp3) is 0.143. The first-order chi connectivity index (χ1) is 10.1. The molecule has 1 aromatic rings. The molecule has 0 unspecified atom stereocenters. The fourth-order valence-electron chi connectivity index (χ4n) is 1.98. The molecule has 0 aromatic heterocycles. The van der Waals surface area contributed by atoms with Gasteiger partial charge in [-0.25, -0.2) is 9.59 Å². The third kappa shape index (κ3) is 3.25. The smallest absolute Gasteiger partial charge is 0.337 e. The van der Waals surface area contributed by atoms with E-state index in [0.29, 0.717) is 0 Å². The molecular formula is C14H10Cl4O4. The topological polar surface area (TPSA) is 74.6 Å². The molecule has 0 radical (unpaired) electrons. The van der Waals surface area contributed by atoms with Crippen LogP contribution in [0.1, 0.15) is 31.8 Å². The van der Waals surface area contributed by atoms with E-state index < -0.39 is 31.9 Å². The Labute approximate surface area is 146 Å². The first kappa shape index (κ1) is 18.8. The van der Waals surface area contributed by atoms with E-state index in [9.17, 15) is 19.8 Å². The minimum absolute atomic E-state index is 0.0131. The van der Waals surface area contributed by atoms with Crippen molar-refractivity contribution in [1.29, 1.82) is 0 Å². The van der Waals surface area contributed by atoms with Gasteiger partial charge in [0.05, 0.1) is 21.2 Å². The number of carbonyl (C=O) groups is 2. The molecule has 8 heteroatoms. The molecule has 1 rings (SSSR count). The van der Waals surface area contributed by atoms with Crippen molar-refractivity contribution in [2.75, 3.05) is 0 Å². The summed E-state index contributed by atoms with van der Waals surface area (Å²) in [6, 6.07) is 0. The normalized spacial score (nSPS) is 11.1. The standard InChI is InChI=1S/C14H10Cl4O4/c1-3-5-6-7(12(19)20)10(15)11(16)8(13(21)22)9(6)14(17,18)4-2/h3-4H,1-2,5H2,(H,19,20)(H,21,22). The molecule has 0 aliphatic carbocycles. The van der Waals surface area contributed by atoms with Crippen molar-refractivity contribution in [2.45, 2.75) is 10.8 Å². The lowest BCUT2D eigenvalue weighted by Crippen LogP contribution is -2.20. The predicted octanol–water partition coefficient (Wildman–Crippen LogP) is 4.93. The van der Waals surface area contributed by atoms with Crippen molar-refractivity contribution >= 4 is 58.3 Å². The second-order valence-electron chi connectivity index (χ2n) is 4.16. The van der Waals surface area contributed by atoms with E-state index in [-0.39, 0.29) is 23.1 Å². The van der Waals surface area contributed by atoms with Gasteiger partial charge in [0.25, 0.3) is 0 Å². The number of aromatic carboxylic acids is 2. The number of halogens is 4. The van der Waals surface area contributed by atoms with E-state index in [1.807, 2.05) is 0 Å². The zero-order chi connectivity index (χ0) is 17.2. The molecule has 2 N–H and O–H groups in total. The zero-order valence-electron chi connectivity index (χ0n) is 11.0. The van der Waals surface area contributed by atoms with Crippen LogP contribution in [0.5, 0.6) is 0 Å². The Bertz CT molecular complexity index is 680. The lowest BCUT2D eigenvalue weighted by atomic mass is 9.90. The third-order valence-electron chi connectivity index (χ3n) is 2.85. The number of carboxylic acid groups (broad SMARTS) is 2. The molecule has 1 aromatic carbocycles. The summed E-state index contributed by atoms with van der Waals surface area (Å²) in [5.41, 5.74) is -1.03. The Morgan fingerprint density at radius 1 is 1.05 bits per heavy atom. The van der Waals surface area contributed by atoms with E-state index in [2.05, 4.69) is 13.2 Å². The van der Waals surface area contributed by atoms with Gasteiger partial charge in [0.2, 0.25) is 0 Å². The number of alkyl halides is 2. The van der Waals surface area contributed by atoms with Crippen LogP contribution in [0.15, 0.2) is 25.3 Å². The molecule has 0 amide bonds. The largest absolute Gasteiger partial charge is 0.478 e. The Morgan fingerprint density at radius 2 is 1.50 bits per heavy atom. The van der Waals surface area contributed by atoms with E-state index in [4.69, 9.17) is 46.4 Å². The van der Waals surface area contributed by atoms with E-state index >= 15 is 0 Å². The number of rotatable bonds is 6. The Kier molecular flexibility index (Phi) is 5.93. The average molecular weight is 384 g/mol. The van der Waals surface area contributed by atoms with Crippen molar-refractivity contribution in [3.05, 3.63) is 57.6 Å². The van der Waals surface area contributed by atoms with Gasteiger partial charge in [-0.05, 0) is 12.0 Å². The molecule has 0 saturated carbocycles. The van der Waals surface area contributed by atoms with Gasteiger partial charge in [-0.3, -0.25) is 0 Å². The summed E-state index contributed by atoms with van der Waals surface area (Å²) in [5.74, 6) is -2.84. The van der Waals surface area contributed by atoms with Crippen molar-refractivity contribution in [1.82, 2.24) is 0 Å². The van der Waals surface area contributed by atoms with Gasteiger partial charge in [0.1, 0.15) is 0 Å². The van der Waals surface area contributed by atoms with Crippen LogP contribution in [-0.2, 0) is 10.8 Å². The van der Waals surface area contributed by atoms with Gasteiger partial charge in [-0.2, -0.15) is 0 Å². The molecule has 0 heterocycles. The van der Waals surface area contributed by atoms with Gasteiger partial charge in [-0.15, -0.1) is 6.58 Å². The van der Waals surface area contributed by atoms with Crippen LogP contribution in [0, 0.1) is 0 Å². The number of hydrogen-bond acceptors (Lipinski definition) is 2. The van der Waals surface area contributed by atoms with E-state index in [1.54, 1.807) is 0 Å². The minimum atomic E-state index is -1.87. The van der Waals surface area contributed by atoms with Gasteiger partial charge in [0, 0.05) is 5.56 Å². The lowest BCUT2D eigenvalue weighted by molar-refractivity contribution is 0.0679. The van der Waals surface area contributed by atoms with Crippen LogP contribution < -0.4 is 0 Å². The fourth-order valence-corrected chi connectivity index (χ4v) is 2.96. The molecule has 118 valence electrons. The summed E-state index contributed by atoms with van der Waals surface area (Å²) >= 11 is 24.0. The van der Waals surface area contributed by atoms with Crippen molar-refractivity contribution in [3.8, 4) is 0 Å². The highest BCUT2D eigenvalue weighted by Gasteiger charge is 2.37. The maximum atomic E-state index is 11.5. The predicted molar refractivity (Wildman–Crippen MR) is 87.9 cm³/mol.